The zero-order valence-corrected chi connectivity index (χ0v) is 22.5. The second-order valence-electron chi connectivity index (χ2n) is 9.79. The standard InChI is InChI=1S/C27H24F4N6O3S/c1-36-15-22(14-34-36)41(39,40)37-9-7-18-10-23(35-21-4-2-20(28)3-5-21)17(13-32)12-26(18,16-37)25(38)24-11-19(6-8-33-24)27(29,30)31/h2-6,8,10-11,13-15H,7,9,12,16,32H2,1H3/b17-13-,35-23?/t26-/m0/s1. The van der Waals surface area contributed by atoms with Crippen LogP contribution in [0.2, 0.25) is 0 Å². The number of carbonyl (C=O) groups excluding carboxylic acids is 1. The van der Waals surface area contributed by atoms with Gasteiger partial charge in [-0.25, -0.2) is 17.8 Å². The second-order valence-corrected chi connectivity index (χ2v) is 11.7. The van der Waals surface area contributed by atoms with Gasteiger partial charge in [0, 0.05) is 32.5 Å². The molecule has 1 atom stereocenters. The fourth-order valence-electron chi connectivity index (χ4n) is 5.08. The van der Waals surface area contributed by atoms with Gasteiger partial charge < -0.3 is 5.73 Å². The third-order valence-corrected chi connectivity index (χ3v) is 8.97. The Morgan fingerprint density at radius 1 is 1.20 bits per heavy atom. The van der Waals surface area contributed by atoms with Crippen LogP contribution in [0.4, 0.5) is 23.2 Å². The zero-order chi connectivity index (χ0) is 29.6. The predicted molar refractivity (Wildman–Crippen MR) is 141 cm³/mol. The first-order valence-corrected chi connectivity index (χ1v) is 13.8. The number of aliphatic imine (C=N–C) groups is 1. The Bertz CT molecular complexity index is 1710. The van der Waals surface area contributed by atoms with Crippen LogP contribution >= 0.6 is 0 Å². The highest BCUT2D eigenvalue weighted by Crippen LogP contribution is 2.48. The summed E-state index contributed by atoms with van der Waals surface area (Å²) in [5.74, 6) is -1.23. The number of allylic oxidation sites excluding steroid dienone is 2. The summed E-state index contributed by atoms with van der Waals surface area (Å²) in [5.41, 5.74) is 4.43. The van der Waals surface area contributed by atoms with Gasteiger partial charge in [-0.15, -0.1) is 0 Å². The first kappa shape index (κ1) is 28.4. The molecule has 1 aliphatic carbocycles. The second kappa shape index (κ2) is 10.3. The van der Waals surface area contributed by atoms with Crippen molar-refractivity contribution in [3.63, 3.8) is 0 Å². The van der Waals surface area contributed by atoms with Crippen molar-refractivity contribution in [1.82, 2.24) is 19.1 Å². The van der Waals surface area contributed by atoms with Crippen molar-refractivity contribution in [2.24, 2.45) is 23.2 Å². The van der Waals surface area contributed by atoms with Crippen LogP contribution in [-0.2, 0) is 23.2 Å². The van der Waals surface area contributed by atoms with Crippen LogP contribution in [-0.4, -0.2) is 52.1 Å². The normalized spacial score (nSPS) is 22.0. The van der Waals surface area contributed by atoms with Gasteiger partial charge in [-0.05, 0) is 67.1 Å². The van der Waals surface area contributed by atoms with Crippen LogP contribution in [0.5, 0.6) is 0 Å². The van der Waals surface area contributed by atoms with Crippen molar-refractivity contribution in [2.75, 3.05) is 13.1 Å². The number of alkyl halides is 3. The largest absolute Gasteiger partial charge is 0.416 e. The van der Waals surface area contributed by atoms with E-state index < -0.39 is 44.5 Å². The number of nitrogens with two attached hydrogens (primary N) is 1. The number of carbonyl (C=O) groups is 1. The van der Waals surface area contributed by atoms with Crippen LogP contribution in [0.25, 0.3) is 0 Å². The highest BCUT2D eigenvalue weighted by molar-refractivity contribution is 7.89. The average Bonchev–Trinajstić information content (AvgIpc) is 3.40. The number of ketones is 1. The molecule has 0 bridgehead atoms. The fraction of sp³-hybridized carbons (Fsp3) is 0.259. The summed E-state index contributed by atoms with van der Waals surface area (Å²) in [5, 5.41) is 3.92. The molecule has 0 spiro atoms. The minimum atomic E-state index is -4.72. The summed E-state index contributed by atoms with van der Waals surface area (Å²) in [6.07, 6.45) is 1.44. The third kappa shape index (κ3) is 5.32. The molecule has 1 saturated heterocycles. The Morgan fingerprint density at radius 3 is 2.56 bits per heavy atom. The Balaban J connectivity index is 1.64. The first-order valence-electron chi connectivity index (χ1n) is 12.4. The van der Waals surface area contributed by atoms with E-state index in [0.29, 0.717) is 28.6 Å². The van der Waals surface area contributed by atoms with Crippen LogP contribution in [0.3, 0.4) is 0 Å². The molecule has 0 unspecified atom stereocenters. The van der Waals surface area contributed by atoms with Crippen molar-refractivity contribution < 1.29 is 30.8 Å². The smallest absolute Gasteiger partial charge is 0.404 e. The average molecular weight is 589 g/mol. The highest BCUT2D eigenvalue weighted by atomic mass is 32.2. The van der Waals surface area contributed by atoms with Crippen LogP contribution in [0.1, 0.15) is 28.9 Å². The number of aromatic nitrogens is 3. The van der Waals surface area contributed by atoms with Crippen molar-refractivity contribution in [3.8, 4) is 0 Å². The molecule has 1 fully saturated rings. The van der Waals surface area contributed by atoms with Crippen molar-refractivity contribution in [3.05, 3.63) is 95.5 Å². The van der Waals surface area contributed by atoms with Gasteiger partial charge >= 0.3 is 6.18 Å². The minimum absolute atomic E-state index is 0.000386. The first-order chi connectivity index (χ1) is 19.3. The SMILES string of the molecule is Cn1cc(S(=O)(=O)N2CCC3=CC(=Nc4ccc(F)cc4)/C(=C\N)C[C@]3(C(=O)c3cc(C(F)(F)F)ccn3)C2)cn1. The summed E-state index contributed by atoms with van der Waals surface area (Å²) in [6, 6.07) is 6.80. The summed E-state index contributed by atoms with van der Waals surface area (Å²) in [6.45, 7) is -0.367. The number of nitrogens with zero attached hydrogens (tertiary/aromatic N) is 5. The number of benzene rings is 1. The maximum absolute atomic E-state index is 14.2. The Kier molecular flexibility index (Phi) is 7.15. The van der Waals surface area contributed by atoms with E-state index in [2.05, 4.69) is 15.1 Å². The third-order valence-electron chi connectivity index (χ3n) is 7.17. The lowest BCUT2D eigenvalue weighted by molar-refractivity contribution is -0.137. The molecule has 1 aromatic carbocycles. The van der Waals surface area contributed by atoms with Gasteiger partial charge in [0.15, 0.2) is 5.78 Å². The van der Waals surface area contributed by atoms with E-state index in [1.807, 2.05) is 0 Å². The lowest BCUT2D eigenvalue weighted by Gasteiger charge is -2.45. The molecule has 1 aliphatic heterocycles. The molecular formula is C27H24F4N6O3S. The number of fused-ring (bicyclic) bond motifs is 1. The molecule has 2 aromatic heterocycles. The van der Waals surface area contributed by atoms with E-state index in [9.17, 15) is 30.8 Å². The number of hydrogen-bond acceptors (Lipinski definition) is 7. The van der Waals surface area contributed by atoms with Gasteiger partial charge in [-0.2, -0.15) is 22.6 Å². The molecule has 3 heterocycles. The number of halogens is 4. The van der Waals surface area contributed by atoms with E-state index >= 15 is 0 Å². The van der Waals surface area contributed by atoms with E-state index in [0.717, 1.165) is 16.6 Å². The molecule has 2 aliphatic rings. The highest BCUT2D eigenvalue weighted by Gasteiger charge is 2.52. The maximum atomic E-state index is 14.2. The summed E-state index contributed by atoms with van der Waals surface area (Å²) in [4.78, 5) is 22.5. The number of rotatable bonds is 5. The molecule has 214 valence electrons. The lowest BCUT2D eigenvalue weighted by atomic mass is 9.64. The van der Waals surface area contributed by atoms with E-state index in [-0.39, 0.29) is 30.8 Å². The summed E-state index contributed by atoms with van der Waals surface area (Å²) >= 11 is 0. The molecule has 14 heteroatoms. The van der Waals surface area contributed by atoms with E-state index in [1.54, 1.807) is 13.1 Å². The number of sulfonamides is 1. The Hall–Kier alpha value is -4.17. The number of aryl methyl sites for hydroxylation is 1. The van der Waals surface area contributed by atoms with Crippen molar-refractivity contribution >= 4 is 27.2 Å². The van der Waals surface area contributed by atoms with Gasteiger partial charge in [-0.1, -0.05) is 5.57 Å². The minimum Gasteiger partial charge on any atom is -0.404 e. The van der Waals surface area contributed by atoms with Gasteiger partial charge in [0.25, 0.3) is 0 Å². The predicted octanol–water partition coefficient (Wildman–Crippen LogP) is 4.18. The Labute approximate surface area is 232 Å². The van der Waals surface area contributed by atoms with Gasteiger partial charge in [-0.3, -0.25) is 14.5 Å². The topological polar surface area (TPSA) is 124 Å². The molecule has 0 saturated carbocycles. The monoisotopic (exact) mass is 588 g/mol. The van der Waals surface area contributed by atoms with E-state index in [4.69, 9.17) is 5.73 Å². The maximum Gasteiger partial charge on any atom is 0.416 e. The number of pyridine rings is 1. The molecule has 0 radical (unpaired) electrons. The van der Waals surface area contributed by atoms with E-state index in [1.165, 1.54) is 47.5 Å². The summed E-state index contributed by atoms with van der Waals surface area (Å²) < 4.78 is 83.4. The van der Waals surface area contributed by atoms with Crippen LogP contribution in [0, 0.1) is 11.2 Å². The lowest BCUT2D eigenvalue weighted by Crippen LogP contribution is -2.53. The van der Waals surface area contributed by atoms with Gasteiger partial charge in [0.2, 0.25) is 10.0 Å². The fourth-order valence-corrected chi connectivity index (χ4v) is 6.57. The van der Waals surface area contributed by atoms with Crippen LogP contribution in [0.15, 0.2) is 88.3 Å². The summed E-state index contributed by atoms with van der Waals surface area (Å²) in [7, 11) is -2.56. The molecular weight excluding hydrogens is 564 g/mol. The van der Waals surface area contributed by atoms with Crippen molar-refractivity contribution in [2.45, 2.75) is 23.9 Å². The zero-order valence-electron chi connectivity index (χ0n) is 21.6. The van der Waals surface area contributed by atoms with Crippen LogP contribution < -0.4 is 5.73 Å². The van der Waals surface area contributed by atoms with Gasteiger partial charge in [0.1, 0.15) is 16.4 Å². The molecule has 41 heavy (non-hydrogen) atoms. The quantitative estimate of drug-likeness (QED) is 0.352. The number of piperidine rings is 1. The van der Waals surface area contributed by atoms with Gasteiger partial charge in [0.05, 0.1) is 28.6 Å². The number of hydrogen-bond donors (Lipinski definition) is 1. The molecule has 5 rings (SSSR count). The molecule has 2 N–H and O–H groups in total. The molecule has 0 amide bonds. The Morgan fingerprint density at radius 2 is 1.93 bits per heavy atom. The molecule has 9 nitrogen and oxygen atoms in total. The molecule has 3 aromatic rings. The number of Topliss-reactive ketones (excluding diaryl/α,β-unsaturated/α-hetero) is 1. The van der Waals surface area contributed by atoms with Crippen molar-refractivity contribution in [1.29, 1.82) is 0 Å².